The zero-order valence-electron chi connectivity index (χ0n) is 27.6. The van der Waals surface area contributed by atoms with Crippen LogP contribution in [0.4, 0.5) is 19.0 Å². The molecule has 5 aromatic rings. The van der Waals surface area contributed by atoms with Crippen LogP contribution in [-0.4, -0.2) is 53.1 Å². The number of anilines is 1. The summed E-state index contributed by atoms with van der Waals surface area (Å²) in [4.78, 5) is 14.6. The molecule has 0 radical (unpaired) electrons. The Kier molecular flexibility index (Phi) is 10.3. The molecule has 1 aliphatic rings. The molecule has 3 heterocycles. The lowest BCUT2D eigenvalue weighted by Gasteiger charge is -2.26. The van der Waals surface area contributed by atoms with Crippen LogP contribution in [-0.2, 0) is 17.8 Å². The highest BCUT2D eigenvalue weighted by Gasteiger charge is 2.33. The fraction of sp³-hybridized carbons (Fsp3) is 0.324. The monoisotopic (exact) mass is 784 g/mol. The molecule has 1 aliphatic heterocycles. The first kappa shape index (κ1) is 34.8. The van der Waals surface area contributed by atoms with E-state index in [2.05, 4.69) is 9.97 Å². The maximum atomic E-state index is 16.6. The molecule has 2 aromatic heterocycles. The van der Waals surface area contributed by atoms with Gasteiger partial charge in [-0.3, -0.25) is 0 Å². The Morgan fingerprint density at radius 3 is 2.14 bits per heavy atom. The van der Waals surface area contributed by atoms with E-state index in [1.165, 1.54) is 0 Å². The molecule has 0 aliphatic carbocycles. The third-order valence-electron chi connectivity index (χ3n) is 8.73. The molecule has 0 saturated carbocycles. The molecule has 2 atom stereocenters. The molecule has 3 aromatic carbocycles. The first-order valence-corrected chi connectivity index (χ1v) is 16.9. The summed E-state index contributed by atoms with van der Waals surface area (Å²) in [6.07, 6.45) is -0.560. The van der Waals surface area contributed by atoms with Crippen molar-refractivity contribution in [3.63, 3.8) is 0 Å². The molecule has 256 valence electrons. The van der Waals surface area contributed by atoms with Crippen LogP contribution in [0.1, 0.15) is 48.1 Å². The predicted molar refractivity (Wildman–Crippen MR) is 189 cm³/mol. The molecule has 0 amide bonds. The van der Waals surface area contributed by atoms with Crippen molar-refractivity contribution in [2.24, 2.45) is 0 Å². The van der Waals surface area contributed by atoms with Gasteiger partial charge in [-0.2, -0.15) is 9.37 Å². The van der Waals surface area contributed by atoms with Crippen LogP contribution in [0.25, 0.3) is 22.2 Å². The summed E-state index contributed by atoms with van der Waals surface area (Å²) in [5.74, 6) is -0.479. The number of hydrogen-bond acceptors (Lipinski definition) is 8. The Morgan fingerprint density at radius 1 is 0.939 bits per heavy atom. The summed E-state index contributed by atoms with van der Waals surface area (Å²) in [5, 5.41) is 10.8. The van der Waals surface area contributed by atoms with Crippen molar-refractivity contribution in [3.8, 4) is 22.8 Å². The predicted octanol–water partition coefficient (Wildman–Crippen LogP) is 7.89. The van der Waals surface area contributed by atoms with Crippen LogP contribution >= 0.6 is 22.6 Å². The first-order chi connectivity index (χ1) is 23.5. The van der Waals surface area contributed by atoms with Crippen molar-refractivity contribution in [1.29, 1.82) is 0 Å². The number of pyridine rings is 1. The number of ether oxygens (including phenoxy) is 3. The molecule has 1 saturated heterocycles. The van der Waals surface area contributed by atoms with Crippen molar-refractivity contribution in [2.45, 2.75) is 51.3 Å². The van der Waals surface area contributed by atoms with Crippen molar-refractivity contribution in [3.05, 3.63) is 104 Å². The Morgan fingerprint density at radius 2 is 1.55 bits per heavy atom. The minimum absolute atomic E-state index is 0.0476. The Bertz CT molecular complexity index is 1930. The molecular weight excluding hydrogens is 748 g/mol. The molecule has 1 N–H and O–H groups in total. The summed E-state index contributed by atoms with van der Waals surface area (Å²) < 4.78 is 64.6. The number of aryl methyl sites for hydroxylation is 1. The Labute approximate surface area is 296 Å². The third kappa shape index (κ3) is 7.60. The molecule has 2 unspecified atom stereocenters. The maximum absolute atomic E-state index is 16.6. The zero-order valence-corrected chi connectivity index (χ0v) is 29.7. The lowest BCUT2D eigenvalue weighted by Crippen LogP contribution is -2.30. The largest absolute Gasteiger partial charge is 0.497 e. The van der Waals surface area contributed by atoms with Crippen LogP contribution in [0.5, 0.6) is 11.5 Å². The van der Waals surface area contributed by atoms with E-state index in [1.807, 2.05) is 89.0 Å². The number of rotatable bonds is 9. The number of halogens is 4. The SMILES string of the molecule is COc1ccc(CN(Cc2ccc(OC)cc2)c2cc(C)c(I)c(-c3c(F)cc4c(C5CCOCC(C)(O)C5)nc(F)nc4c3F)n2)cc1. The number of nitrogens with zero attached hydrogens (tertiary/aromatic N) is 4. The number of aromatic nitrogens is 3. The van der Waals surface area contributed by atoms with Gasteiger partial charge >= 0.3 is 6.08 Å². The smallest absolute Gasteiger partial charge is 0.309 e. The summed E-state index contributed by atoms with van der Waals surface area (Å²) in [7, 11) is 3.21. The first-order valence-electron chi connectivity index (χ1n) is 15.8. The van der Waals surface area contributed by atoms with Gasteiger partial charge in [0.15, 0.2) is 5.82 Å². The number of hydrogen-bond donors (Lipinski definition) is 1. The van der Waals surface area contributed by atoms with E-state index >= 15 is 8.78 Å². The van der Waals surface area contributed by atoms with Gasteiger partial charge in [-0.25, -0.2) is 18.7 Å². The van der Waals surface area contributed by atoms with Gasteiger partial charge in [0.05, 0.1) is 43.4 Å². The van der Waals surface area contributed by atoms with E-state index in [1.54, 1.807) is 21.1 Å². The maximum Gasteiger partial charge on any atom is 0.309 e. The topological polar surface area (TPSA) is 89.8 Å². The normalized spacial score (nSPS) is 17.9. The van der Waals surface area contributed by atoms with Crippen molar-refractivity contribution >= 4 is 39.3 Å². The van der Waals surface area contributed by atoms with Gasteiger partial charge in [-0.15, -0.1) is 0 Å². The second-order valence-electron chi connectivity index (χ2n) is 12.6. The van der Waals surface area contributed by atoms with Crippen molar-refractivity contribution < 1.29 is 32.5 Å². The fourth-order valence-corrected chi connectivity index (χ4v) is 6.80. The number of benzene rings is 3. The highest BCUT2D eigenvalue weighted by molar-refractivity contribution is 14.1. The van der Waals surface area contributed by atoms with E-state index in [0.29, 0.717) is 28.9 Å². The molecule has 0 spiro atoms. The van der Waals surface area contributed by atoms with Crippen LogP contribution in [0.2, 0.25) is 0 Å². The minimum atomic E-state index is -1.21. The summed E-state index contributed by atoms with van der Waals surface area (Å²) in [6, 6.07) is 18.3. The molecule has 8 nitrogen and oxygen atoms in total. The van der Waals surface area contributed by atoms with Crippen LogP contribution in [0, 0.1) is 28.2 Å². The van der Waals surface area contributed by atoms with E-state index in [0.717, 1.165) is 34.3 Å². The highest BCUT2D eigenvalue weighted by atomic mass is 127. The lowest BCUT2D eigenvalue weighted by atomic mass is 9.87. The van der Waals surface area contributed by atoms with Crippen molar-refractivity contribution in [2.75, 3.05) is 32.3 Å². The van der Waals surface area contributed by atoms with Crippen LogP contribution in [0.3, 0.4) is 0 Å². The Hall–Kier alpha value is -4.01. The summed E-state index contributed by atoms with van der Waals surface area (Å²) in [5.41, 5.74) is 0.938. The quantitative estimate of drug-likeness (QED) is 0.119. The number of methoxy groups -OCH3 is 2. The summed E-state index contributed by atoms with van der Waals surface area (Å²) in [6.45, 7) is 4.71. The van der Waals surface area contributed by atoms with E-state index in [4.69, 9.17) is 19.2 Å². The standard InChI is InChI=1S/C37H36F3IN4O4/c1-21-15-29(45(18-22-5-9-25(47-3)10-6-22)19-23-7-11-26(48-4)12-8-23)42-35(32(21)41)30-28(38)16-27-33(43-36(40)44-34(27)31(30)39)24-13-14-49-20-37(2,46)17-24/h5-12,15-16,24,46H,13-14,17-20H2,1-4H3. The van der Waals surface area contributed by atoms with Gasteiger partial charge < -0.3 is 24.2 Å². The molecule has 1 fully saturated rings. The van der Waals surface area contributed by atoms with Gasteiger partial charge in [0, 0.05) is 34.6 Å². The fourth-order valence-electron chi connectivity index (χ4n) is 6.25. The van der Waals surface area contributed by atoms with Crippen LogP contribution in [0.15, 0.2) is 60.7 Å². The van der Waals surface area contributed by atoms with E-state index in [-0.39, 0.29) is 41.9 Å². The van der Waals surface area contributed by atoms with Crippen LogP contribution < -0.4 is 14.4 Å². The molecule has 6 rings (SSSR count). The van der Waals surface area contributed by atoms with E-state index in [9.17, 15) is 9.50 Å². The van der Waals surface area contributed by atoms with Gasteiger partial charge in [0.2, 0.25) is 0 Å². The summed E-state index contributed by atoms with van der Waals surface area (Å²) >= 11 is 2.03. The van der Waals surface area contributed by atoms with Gasteiger partial charge in [-0.1, -0.05) is 24.3 Å². The second-order valence-corrected chi connectivity index (χ2v) is 13.7. The average Bonchev–Trinajstić information content (AvgIpc) is 3.27. The van der Waals surface area contributed by atoms with E-state index < -0.39 is 34.8 Å². The minimum Gasteiger partial charge on any atom is -0.497 e. The average molecular weight is 785 g/mol. The molecule has 49 heavy (non-hydrogen) atoms. The number of fused-ring (bicyclic) bond motifs is 1. The van der Waals surface area contributed by atoms with Gasteiger partial charge in [0.25, 0.3) is 0 Å². The van der Waals surface area contributed by atoms with Gasteiger partial charge in [0.1, 0.15) is 28.7 Å². The molecular formula is C37H36F3IN4O4. The Balaban J connectivity index is 1.46. The lowest BCUT2D eigenvalue weighted by molar-refractivity contribution is -0.0241. The third-order valence-corrected chi connectivity index (χ3v) is 10.1. The highest BCUT2D eigenvalue weighted by Crippen LogP contribution is 2.40. The van der Waals surface area contributed by atoms with Crippen molar-refractivity contribution in [1.82, 2.24) is 15.0 Å². The zero-order chi connectivity index (χ0) is 34.9. The second kappa shape index (κ2) is 14.5. The molecule has 0 bridgehead atoms. The van der Waals surface area contributed by atoms with Gasteiger partial charge in [-0.05, 0) is 102 Å². The number of aliphatic hydroxyl groups is 1. The molecule has 12 heteroatoms.